The molecule has 0 saturated carbocycles. The van der Waals surface area contributed by atoms with Crippen LogP contribution in [0.2, 0.25) is 0 Å². The zero-order valence-electron chi connectivity index (χ0n) is 35.3. The first-order valence-electron chi connectivity index (χ1n) is 20.0. The molecule has 1 aliphatic heterocycles. The van der Waals surface area contributed by atoms with Crippen LogP contribution in [-0.4, -0.2) is 109 Å². The molecule has 6 N–H and O–H groups in total. The maximum atomic E-state index is 14.5. The first kappa shape index (κ1) is 47.7. The molecule has 0 aliphatic carbocycles. The maximum absolute atomic E-state index is 14.5. The Morgan fingerprint density at radius 3 is 2.10 bits per heavy atom. The third kappa shape index (κ3) is 13.5. The molecule has 1 saturated heterocycles. The van der Waals surface area contributed by atoms with Crippen molar-refractivity contribution in [1.29, 1.82) is 0 Å². The maximum Gasteiger partial charge on any atom is 0.329 e. The standard InChI is InChI=1S/C42H55N7O11S/c1-22(2)33(47-36(54)28-13-12-24-10-8-9-11-27(24)44-28)38(56)45-29(16-31(50)51)37(55)48-34(23(3)4)40(58)49-15-14-25(18-42(5,6)7)35(49)39(57)46-30(17-32(52)53)41(59)60-20-26-19-43-21-61-26/h8-13,19,21-23,25,29-30,33-35H,14-18,20H2,1-7H3,(H,45,56)(H,46,57)(H,47,54)(H,48,55)(H,50,51)(H,52,53)/t25-,29-,30-,33-,34-,35?/m0/s1. The second-order valence-corrected chi connectivity index (χ2v) is 18.0. The highest BCUT2D eigenvalue weighted by atomic mass is 32.1. The van der Waals surface area contributed by atoms with Crippen LogP contribution in [0.25, 0.3) is 10.9 Å². The van der Waals surface area contributed by atoms with Crippen LogP contribution in [-0.2, 0) is 44.9 Å². The molecule has 0 spiro atoms. The number of thiazole rings is 1. The smallest absolute Gasteiger partial charge is 0.329 e. The summed E-state index contributed by atoms with van der Waals surface area (Å²) in [5.74, 6) is -9.33. The van der Waals surface area contributed by atoms with E-state index in [9.17, 15) is 48.6 Å². The molecule has 3 aromatic rings. The van der Waals surface area contributed by atoms with Crippen LogP contribution in [0, 0.1) is 23.2 Å². The Balaban J connectivity index is 1.54. The summed E-state index contributed by atoms with van der Waals surface area (Å²) in [6.07, 6.45) is 0.658. The van der Waals surface area contributed by atoms with Crippen molar-refractivity contribution in [3.63, 3.8) is 0 Å². The fraction of sp³-hybridized carbons (Fsp3) is 0.524. The largest absolute Gasteiger partial charge is 0.481 e. The van der Waals surface area contributed by atoms with Gasteiger partial charge >= 0.3 is 17.9 Å². The summed E-state index contributed by atoms with van der Waals surface area (Å²) >= 11 is 1.22. The van der Waals surface area contributed by atoms with Crippen molar-refractivity contribution in [2.75, 3.05) is 6.54 Å². The van der Waals surface area contributed by atoms with Gasteiger partial charge in [-0.1, -0.05) is 72.7 Å². The number of likely N-dealkylation sites (tertiary alicyclic amines) is 1. The first-order valence-corrected chi connectivity index (χ1v) is 20.9. The Labute approximate surface area is 357 Å². The van der Waals surface area contributed by atoms with E-state index in [2.05, 4.69) is 31.2 Å². The lowest BCUT2D eigenvalue weighted by Crippen LogP contribution is -2.61. The van der Waals surface area contributed by atoms with Gasteiger partial charge in [0.25, 0.3) is 5.91 Å². The normalized spacial score (nSPS) is 17.2. The van der Waals surface area contributed by atoms with Gasteiger partial charge in [-0.15, -0.1) is 11.3 Å². The van der Waals surface area contributed by atoms with Crippen molar-refractivity contribution < 1.29 is 53.3 Å². The summed E-state index contributed by atoms with van der Waals surface area (Å²) in [5.41, 5.74) is 1.82. The summed E-state index contributed by atoms with van der Waals surface area (Å²) in [4.78, 5) is 117. The number of aromatic nitrogens is 2. The van der Waals surface area contributed by atoms with Gasteiger partial charge in [0.05, 0.1) is 28.7 Å². The minimum Gasteiger partial charge on any atom is -0.481 e. The van der Waals surface area contributed by atoms with E-state index in [0.717, 1.165) is 5.39 Å². The Morgan fingerprint density at radius 2 is 1.49 bits per heavy atom. The number of pyridine rings is 1. The van der Waals surface area contributed by atoms with Crippen LogP contribution in [0.5, 0.6) is 0 Å². The molecule has 0 bridgehead atoms. The predicted octanol–water partition coefficient (Wildman–Crippen LogP) is 2.90. The fourth-order valence-corrected chi connectivity index (χ4v) is 7.68. The first-order chi connectivity index (χ1) is 28.6. The number of amides is 5. The van der Waals surface area contributed by atoms with Gasteiger partial charge in [-0.3, -0.25) is 38.5 Å². The molecule has 330 valence electrons. The molecule has 4 rings (SSSR count). The molecular weight excluding hydrogens is 811 g/mol. The fourth-order valence-electron chi connectivity index (χ4n) is 7.17. The molecule has 61 heavy (non-hydrogen) atoms. The van der Waals surface area contributed by atoms with Crippen molar-refractivity contribution >= 4 is 69.7 Å². The summed E-state index contributed by atoms with van der Waals surface area (Å²) in [6.45, 7) is 12.3. The molecule has 0 radical (unpaired) electrons. The number of esters is 1. The van der Waals surface area contributed by atoms with E-state index in [1.54, 1.807) is 45.9 Å². The number of carboxylic acids is 2. The number of fused-ring (bicyclic) bond motifs is 1. The van der Waals surface area contributed by atoms with E-state index >= 15 is 0 Å². The van der Waals surface area contributed by atoms with Crippen LogP contribution < -0.4 is 21.3 Å². The quantitative estimate of drug-likeness (QED) is 0.0949. The summed E-state index contributed by atoms with van der Waals surface area (Å²) in [7, 11) is 0. The zero-order valence-corrected chi connectivity index (χ0v) is 36.1. The van der Waals surface area contributed by atoms with Crippen molar-refractivity contribution in [2.45, 2.75) is 111 Å². The van der Waals surface area contributed by atoms with Crippen molar-refractivity contribution in [2.24, 2.45) is 23.2 Å². The van der Waals surface area contributed by atoms with Crippen LogP contribution in [0.4, 0.5) is 0 Å². The molecule has 5 amide bonds. The third-order valence-electron chi connectivity index (χ3n) is 10.1. The van der Waals surface area contributed by atoms with E-state index < -0.39 is 108 Å². The number of aliphatic carboxylic acids is 2. The van der Waals surface area contributed by atoms with Crippen LogP contribution in [0.1, 0.15) is 89.5 Å². The highest BCUT2D eigenvalue weighted by Crippen LogP contribution is 2.36. The molecule has 19 heteroatoms. The second kappa shape index (κ2) is 21.0. The van der Waals surface area contributed by atoms with Gasteiger partial charge in [0.2, 0.25) is 23.6 Å². The monoisotopic (exact) mass is 865 g/mol. The number of benzene rings is 1. The lowest BCUT2D eigenvalue weighted by Gasteiger charge is -2.34. The molecule has 1 unspecified atom stereocenters. The third-order valence-corrected chi connectivity index (χ3v) is 10.8. The molecule has 2 aromatic heterocycles. The van der Waals surface area contributed by atoms with Crippen LogP contribution in [0.3, 0.4) is 0 Å². The highest BCUT2D eigenvalue weighted by molar-refractivity contribution is 7.09. The zero-order chi connectivity index (χ0) is 45.2. The lowest BCUT2D eigenvalue weighted by molar-refractivity contribution is -0.153. The Morgan fingerprint density at radius 1 is 0.836 bits per heavy atom. The van der Waals surface area contributed by atoms with Gasteiger partial charge in [-0.2, -0.15) is 0 Å². The highest BCUT2D eigenvalue weighted by Gasteiger charge is 2.46. The van der Waals surface area contributed by atoms with Crippen LogP contribution in [0.15, 0.2) is 48.1 Å². The topological polar surface area (TPSA) is 263 Å². The number of hydrogen-bond acceptors (Lipinski definition) is 12. The van der Waals surface area contributed by atoms with E-state index in [0.29, 0.717) is 23.2 Å². The van der Waals surface area contributed by atoms with E-state index in [4.69, 9.17) is 4.74 Å². The SMILES string of the molecule is CC(C)[C@H](NC(=O)c1ccc2ccccc2n1)C(=O)N[C@@H](CC(=O)O)C(=O)N[C@H](C(=O)N1CC[C@@H](CC(C)(C)C)C1C(=O)N[C@@H](CC(=O)O)C(=O)OCc1cncs1)C(C)C. The van der Waals surface area contributed by atoms with E-state index in [-0.39, 0.29) is 24.3 Å². The van der Waals surface area contributed by atoms with Crippen molar-refractivity contribution in [3.05, 3.63) is 58.7 Å². The number of carboxylic acid groups (broad SMARTS) is 2. The van der Waals surface area contributed by atoms with Crippen molar-refractivity contribution in [3.8, 4) is 0 Å². The number of para-hydroxylation sites is 1. The summed E-state index contributed by atoms with van der Waals surface area (Å²) in [5, 5.41) is 30.4. The number of carbonyl (C=O) groups is 8. The molecular formula is C42H55N7O11S. The summed E-state index contributed by atoms with van der Waals surface area (Å²) < 4.78 is 5.30. The Bertz CT molecular complexity index is 2090. The predicted molar refractivity (Wildman–Crippen MR) is 223 cm³/mol. The van der Waals surface area contributed by atoms with Crippen molar-refractivity contribution in [1.82, 2.24) is 36.1 Å². The Hall–Kier alpha value is -5.98. The minimum absolute atomic E-state index is 0.0400. The number of hydrogen-bond donors (Lipinski definition) is 6. The average Bonchev–Trinajstić information content (AvgIpc) is 3.86. The number of nitrogens with zero attached hydrogens (tertiary/aromatic N) is 3. The molecule has 6 atom stereocenters. The molecule has 3 heterocycles. The summed E-state index contributed by atoms with van der Waals surface area (Å²) in [6, 6.07) is 3.38. The Kier molecular flexibility index (Phi) is 16.4. The minimum atomic E-state index is -1.69. The van der Waals surface area contributed by atoms with Gasteiger partial charge in [-0.05, 0) is 48.1 Å². The second-order valence-electron chi connectivity index (χ2n) is 17.0. The van der Waals surface area contributed by atoms with Gasteiger partial charge < -0.3 is 41.1 Å². The van der Waals surface area contributed by atoms with Gasteiger partial charge in [0.1, 0.15) is 42.5 Å². The molecule has 1 aromatic carbocycles. The number of ether oxygens (including phenoxy) is 1. The average molecular weight is 866 g/mol. The van der Waals surface area contributed by atoms with Gasteiger partial charge in [-0.25, -0.2) is 9.78 Å². The number of nitrogens with one attached hydrogen (secondary N) is 4. The van der Waals surface area contributed by atoms with Gasteiger partial charge in [0, 0.05) is 18.1 Å². The van der Waals surface area contributed by atoms with Gasteiger partial charge in [0.15, 0.2) is 0 Å². The molecule has 1 aliphatic rings. The van der Waals surface area contributed by atoms with E-state index in [1.165, 1.54) is 34.0 Å². The molecule has 18 nitrogen and oxygen atoms in total. The number of carbonyl (C=O) groups excluding carboxylic acids is 6. The lowest BCUT2D eigenvalue weighted by atomic mass is 9.81. The molecule has 1 fully saturated rings. The van der Waals surface area contributed by atoms with Crippen LogP contribution >= 0.6 is 11.3 Å². The number of rotatable bonds is 19. The van der Waals surface area contributed by atoms with E-state index in [1.807, 2.05) is 32.9 Å².